The zero-order chi connectivity index (χ0) is 19.7. The molecule has 2 saturated heterocycles. The summed E-state index contributed by atoms with van der Waals surface area (Å²) in [5.74, 6) is 0.0573. The number of aryl methyl sites for hydroxylation is 2. The third-order valence-electron chi connectivity index (χ3n) is 5.73. The van der Waals surface area contributed by atoms with E-state index < -0.39 is 5.41 Å². The van der Waals surface area contributed by atoms with Gasteiger partial charge in [0, 0.05) is 36.6 Å². The quantitative estimate of drug-likeness (QED) is 0.798. The highest BCUT2D eigenvalue weighted by Crippen LogP contribution is 2.42. The Morgan fingerprint density at radius 2 is 2.25 bits per heavy atom. The number of hydrogen-bond donors (Lipinski definition) is 1. The Hall–Kier alpha value is -2.19. The lowest BCUT2D eigenvalue weighted by Gasteiger charge is -2.25. The predicted octanol–water partition coefficient (Wildman–Crippen LogP) is 1.72. The molecule has 0 aliphatic carbocycles. The third-order valence-corrected chi connectivity index (χ3v) is 6.95. The molecule has 2 aromatic rings. The maximum atomic E-state index is 13.0. The number of rotatable bonds is 6. The maximum Gasteiger partial charge on any atom is 0.263 e. The summed E-state index contributed by atoms with van der Waals surface area (Å²) in [5, 5.41) is 7.38. The first-order valence-corrected chi connectivity index (χ1v) is 10.6. The third kappa shape index (κ3) is 3.46. The van der Waals surface area contributed by atoms with Crippen molar-refractivity contribution in [1.29, 1.82) is 0 Å². The van der Waals surface area contributed by atoms with Crippen LogP contribution in [0.5, 0.6) is 0 Å². The van der Waals surface area contributed by atoms with E-state index in [1.807, 2.05) is 40.9 Å². The van der Waals surface area contributed by atoms with Gasteiger partial charge < -0.3 is 15.0 Å². The highest BCUT2D eigenvalue weighted by atomic mass is 32.1. The fourth-order valence-electron chi connectivity index (χ4n) is 4.10. The molecule has 7 nitrogen and oxygen atoms in total. The Morgan fingerprint density at radius 3 is 2.96 bits per heavy atom. The van der Waals surface area contributed by atoms with Gasteiger partial charge in [0.2, 0.25) is 5.91 Å². The first-order chi connectivity index (χ1) is 13.5. The van der Waals surface area contributed by atoms with Crippen molar-refractivity contribution in [2.75, 3.05) is 32.8 Å². The molecule has 2 amide bonds. The number of carbonyl (C=O) groups is 2. The second kappa shape index (κ2) is 7.67. The van der Waals surface area contributed by atoms with E-state index in [4.69, 9.17) is 4.74 Å². The van der Waals surface area contributed by atoms with E-state index in [1.165, 1.54) is 4.88 Å². The lowest BCUT2D eigenvalue weighted by atomic mass is 9.80. The monoisotopic (exact) mass is 402 g/mol. The molecule has 28 heavy (non-hydrogen) atoms. The van der Waals surface area contributed by atoms with Gasteiger partial charge in [0.1, 0.15) is 0 Å². The number of amides is 2. The lowest BCUT2D eigenvalue weighted by molar-refractivity contribution is -0.131. The molecular formula is C20H26N4O3S. The van der Waals surface area contributed by atoms with E-state index in [9.17, 15) is 9.59 Å². The highest BCUT2D eigenvalue weighted by molar-refractivity contribution is 7.14. The van der Waals surface area contributed by atoms with Crippen molar-refractivity contribution in [1.82, 2.24) is 20.0 Å². The molecule has 2 atom stereocenters. The highest BCUT2D eigenvalue weighted by Gasteiger charge is 2.56. The van der Waals surface area contributed by atoms with Gasteiger partial charge in [-0.1, -0.05) is 6.92 Å². The van der Waals surface area contributed by atoms with Crippen molar-refractivity contribution < 1.29 is 14.3 Å². The average Bonchev–Trinajstić information content (AvgIpc) is 3.44. The van der Waals surface area contributed by atoms with Crippen LogP contribution in [0.3, 0.4) is 0 Å². The smallest absolute Gasteiger partial charge is 0.263 e. The Morgan fingerprint density at radius 1 is 1.39 bits per heavy atom. The first kappa shape index (κ1) is 19.1. The largest absolute Gasteiger partial charge is 0.380 e. The Kier molecular flexibility index (Phi) is 5.25. The van der Waals surface area contributed by atoms with Crippen LogP contribution >= 0.6 is 11.3 Å². The topological polar surface area (TPSA) is 76.5 Å². The number of thiophene rings is 1. The molecule has 0 spiro atoms. The summed E-state index contributed by atoms with van der Waals surface area (Å²) in [7, 11) is 0. The molecule has 0 aromatic carbocycles. The van der Waals surface area contributed by atoms with Crippen LogP contribution < -0.4 is 5.32 Å². The van der Waals surface area contributed by atoms with Crippen LogP contribution in [0.15, 0.2) is 24.4 Å². The lowest BCUT2D eigenvalue weighted by Crippen LogP contribution is -2.47. The normalized spacial score (nSPS) is 23.8. The summed E-state index contributed by atoms with van der Waals surface area (Å²) in [5.41, 5.74) is 0.319. The Balaban J connectivity index is 1.40. The summed E-state index contributed by atoms with van der Waals surface area (Å²) in [6, 6.07) is 5.85. The number of likely N-dealkylation sites (tertiary alicyclic amines) is 1. The zero-order valence-corrected chi connectivity index (χ0v) is 17.1. The zero-order valence-electron chi connectivity index (χ0n) is 16.3. The molecule has 150 valence electrons. The van der Waals surface area contributed by atoms with E-state index in [-0.39, 0.29) is 17.7 Å². The Bertz CT molecular complexity index is 876. The number of nitrogens with one attached hydrogen (secondary N) is 1. The van der Waals surface area contributed by atoms with Crippen LogP contribution in [-0.2, 0) is 22.5 Å². The molecule has 2 aromatic heterocycles. The summed E-state index contributed by atoms with van der Waals surface area (Å²) in [6.07, 6.45) is 2.83. The summed E-state index contributed by atoms with van der Waals surface area (Å²) >= 11 is 1.54. The van der Waals surface area contributed by atoms with Gasteiger partial charge in [-0.3, -0.25) is 14.3 Å². The van der Waals surface area contributed by atoms with E-state index in [0.717, 1.165) is 17.0 Å². The molecular weight excluding hydrogens is 376 g/mol. The van der Waals surface area contributed by atoms with Crippen molar-refractivity contribution in [2.24, 2.45) is 11.3 Å². The number of hydrogen-bond acceptors (Lipinski definition) is 5. The van der Waals surface area contributed by atoms with Crippen molar-refractivity contribution in [3.8, 4) is 0 Å². The van der Waals surface area contributed by atoms with E-state index in [2.05, 4.69) is 17.3 Å². The summed E-state index contributed by atoms with van der Waals surface area (Å²) in [4.78, 5) is 29.8. The predicted molar refractivity (Wildman–Crippen MR) is 106 cm³/mol. The number of nitrogens with zero attached hydrogens (tertiary/aromatic N) is 3. The molecule has 0 radical (unpaired) electrons. The van der Waals surface area contributed by atoms with Gasteiger partial charge in [0.15, 0.2) is 0 Å². The van der Waals surface area contributed by atoms with Crippen LogP contribution in [0.4, 0.5) is 0 Å². The second-order valence-electron chi connectivity index (χ2n) is 7.65. The molecule has 2 fully saturated rings. The fourth-order valence-corrected chi connectivity index (χ4v) is 5.01. The van der Waals surface area contributed by atoms with Gasteiger partial charge >= 0.3 is 0 Å². The van der Waals surface area contributed by atoms with E-state index >= 15 is 0 Å². The standard InChI is InChI=1S/C20H26N4O3S/c1-3-16-4-5-17(28-16)18(25)23-10-15-11-27-13-20(15,12-23)19(26)21-7-9-24-8-6-14(2)22-24/h4-6,8,15H,3,7,9-13H2,1-2H3,(H,21,26)/t15-,20-/m1/s1. The molecule has 4 rings (SSSR count). The SMILES string of the molecule is CCc1ccc(C(=O)N2C[C@@H]3COC[C@]3(C(=O)NCCn3ccc(C)n3)C2)s1. The molecule has 1 N–H and O–H groups in total. The van der Waals surface area contributed by atoms with Gasteiger partial charge in [-0.15, -0.1) is 11.3 Å². The minimum atomic E-state index is -0.638. The van der Waals surface area contributed by atoms with E-state index in [0.29, 0.717) is 39.4 Å². The molecule has 2 aliphatic rings. The second-order valence-corrected chi connectivity index (χ2v) is 8.82. The maximum absolute atomic E-state index is 13.0. The van der Waals surface area contributed by atoms with Crippen molar-refractivity contribution in [3.63, 3.8) is 0 Å². The van der Waals surface area contributed by atoms with Crippen molar-refractivity contribution in [2.45, 2.75) is 26.8 Å². The van der Waals surface area contributed by atoms with Crippen LogP contribution in [-0.4, -0.2) is 59.3 Å². The van der Waals surface area contributed by atoms with Gasteiger partial charge in [-0.05, 0) is 31.5 Å². The molecule has 4 heterocycles. The van der Waals surface area contributed by atoms with Gasteiger partial charge in [-0.25, -0.2) is 0 Å². The molecule has 0 bridgehead atoms. The fraction of sp³-hybridized carbons (Fsp3) is 0.550. The number of fused-ring (bicyclic) bond motifs is 1. The minimum absolute atomic E-state index is 0.0189. The Labute approximate surface area is 168 Å². The van der Waals surface area contributed by atoms with Gasteiger partial charge in [0.05, 0.1) is 35.7 Å². The first-order valence-electron chi connectivity index (χ1n) is 9.76. The van der Waals surface area contributed by atoms with E-state index in [1.54, 1.807) is 11.3 Å². The van der Waals surface area contributed by atoms with Crippen molar-refractivity contribution >= 4 is 23.2 Å². The minimum Gasteiger partial charge on any atom is -0.380 e. The summed E-state index contributed by atoms with van der Waals surface area (Å²) in [6.45, 7) is 7.05. The summed E-state index contributed by atoms with van der Waals surface area (Å²) < 4.78 is 7.47. The number of ether oxygens (including phenoxy) is 1. The average molecular weight is 403 g/mol. The molecule has 8 heteroatoms. The van der Waals surface area contributed by atoms with Crippen LogP contribution in [0, 0.1) is 18.3 Å². The number of aromatic nitrogens is 2. The van der Waals surface area contributed by atoms with Crippen LogP contribution in [0.2, 0.25) is 0 Å². The van der Waals surface area contributed by atoms with Gasteiger partial charge in [-0.2, -0.15) is 5.10 Å². The van der Waals surface area contributed by atoms with Crippen LogP contribution in [0.1, 0.15) is 27.2 Å². The molecule has 0 saturated carbocycles. The molecule has 2 aliphatic heterocycles. The van der Waals surface area contributed by atoms with Crippen LogP contribution in [0.25, 0.3) is 0 Å². The van der Waals surface area contributed by atoms with Gasteiger partial charge in [0.25, 0.3) is 5.91 Å². The molecule has 0 unspecified atom stereocenters. The number of carbonyl (C=O) groups excluding carboxylic acids is 2. The van der Waals surface area contributed by atoms with Crippen molar-refractivity contribution in [3.05, 3.63) is 39.8 Å².